The molecular weight excluding hydrogens is 101 g/mol. The van der Waals surface area contributed by atoms with Crippen LogP contribution in [0.25, 0.3) is 0 Å². The van der Waals surface area contributed by atoms with Gasteiger partial charge in [-0.2, -0.15) is 0 Å². The van der Waals surface area contributed by atoms with Crippen molar-refractivity contribution in [3.05, 3.63) is 23.9 Å². The Bertz CT molecular complexity index is 256. The average Bonchev–Trinajstić information content (AvgIpc) is 1.86. The lowest BCUT2D eigenvalue weighted by molar-refractivity contribution is 1.21. The van der Waals surface area contributed by atoms with E-state index in [1.165, 1.54) is 6.07 Å². The third-order valence-electron chi connectivity index (χ3n) is 0.771. The first-order valence-electron chi connectivity index (χ1n) is 3.73. The van der Waals surface area contributed by atoms with Gasteiger partial charge in [-0.05, 0) is 19.0 Å². The number of aryl methyl sites for hydroxylation is 1. The van der Waals surface area contributed by atoms with Gasteiger partial charge in [0.2, 0.25) is 0 Å². The molecule has 2 heteroatoms. The van der Waals surface area contributed by atoms with Crippen LogP contribution in [0.1, 0.15) is 9.81 Å². The van der Waals surface area contributed by atoms with E-state index < -0.39 is 6.85 Å². The van der Waals surface area contributed by atoms with E-state index in [-0.39, 0.29) is 11.5 Å². The van der Waals surface area contributed by atoms with Gasteiger partial charge in [0.05, 0.1) is 0 Å². The van der Waals surface area contributed by atoms with Gasteiger partial charge in [0.25, 0.3) is 0 Å². The van der Waals surface area contributed by atoms with Gasteiger partial charge in [-0.25, -0.2) is 4.98 Å². The molecule has 1 rings (SSSR count). The first kappa shape index (κ1) is 2.49. The highest BCUT2D eigenvalue weighted by molar-refractivity contribution is 5.28. The van der Waals surface area contributed by atoms with Gasteiger partial charge in [-0.15, -0.1) is 0 Å². The highest BCUT2D eigenvalue weighted by Crippen LogP contribution is 1.96. The molecule has 42 valence electrons. The third kappa shape index (κ3) is 0.964. The van der Waals surface area contributed by atoms with Crippen molar-refractivity contribution in [3.63, 3.8) is 0 Å². The Morgan fingerprint density at radius 1 is 1.75 bits per heavy atom. The summed E-state index contributed by atoms with van der Waals surface area (Å²) in [5.41, 5.74) is 5.33. The Kier molecular flexibility index (Phi) is 0.565. The lowest BCUT2D eigenvalue weighted by Gasteiger charge is -1.90. The van der Waals surface area contributed by atoms with Crippen LogP contribution in [-0.4, -0.2) is 4.98 Å². The van der Waals surface area contributed by atoms with Crippen LogP contribution >= 0.6 is 0 Å². The standard InChI is InChI=1S/C6H8N2/c1-5-3-2-4-6(7)8-5/h2-4H,1H3,(H2,7,8)/i1+1D3. The summed E-state index contributed by atoms with van der Waals surface area (Å²) in [6.45, 7) is -2.16. The second-order valence-electron chi connectivity index (χ2n) is 1.45. The number of hydrogen-bond acceptors (Lipinski definition) is 2. The zero-order chi connectivity index (χ0) is 8.48. The van der Waals surface area contributed by atoms with E-state index in [0.717, 1.165) is 0 Å². The van der Waals surface area contributed by atoms with E-state index >= 15 is 0 Å². The third-order valence-corrected chi connectivity index (χ3v) is 0.771. The summed E-state index contributed by atoms with van der Waals surface area (Å²) in [7, 11) is 0. The van der Waals surface area contributed by atoms with Crippen LogP contribution in [-0.2, 0) is 0 Å². The van der Waals surface area contributed by atoms with Crippen molar-refractivity contribution in [1.82, 2.24) is 4.98 Å². The second kappa shape index (κ2) is 1.82. The fourth-order valence-corrected chi connectivity index (χ4v) is 0.451. The molecular formula is C6H8N2. The van der Waals surface area contributed by atoms with Crippen molar-refractivity contribution in [2.45, 2.75) is 6.85 Å². The van der Waals surface area contributed by atoms with Crippen molar-refractivity contribution < 1.29 is 4.11 Å². The first-order chi connectivity index (χ1) is 5.00. The summed E-state index contributed by atoms with van der Waals surface area (Å²) < 4.78 is 21.0. The molecule has 0 spiro atoms. The normalized spacial score (nSPS) is 16.2. The summed E-state index contributed by atoms with van der Waals surface area (Å²) in [5.74, 6) is 0.235. The van der Waals surface area contributed by atoms with Crippen LogP contribution in [0.4, 0.5) is 5.82 Å². The number of nitrogen functional groups attached to an aromatic ring is 1. The molecule has 0 saturated heterocycles. The van der Waals surface area contributed by atoms with Crippen molar-refractivity contribution in [2.75, 3.05) is 5.73 Å². The van der Waals surface area contributed by atoms with Crippen LogP contribution in [0, 0.1) is 6.85 Å². The van der Waals surface area contributed by atoms with Crippen LogP contribution in [0.3, 0.4) is 0 Å². The maximum Gasteiger partial charge on any atom is 0.123 e. The molecule has 2 N–H and O–H groups in total. The summed E-state index contributed by atoms with van der Waals surface area (Å²) in [6, 6.07) is 4.56. The summed E-state index contributed by atoms with van der Waals surface area (Å²) >= 11 is 0. The fourth-order valence-electron chi connectivity index (χ4n) is 0.451. The number of aromatic nitrogens is 1. The van der Waals surface area contributed by atoms with Crippen molar-refractivity contribution >= 4 is 5.82 Å². The predicted molar refractivity (Wildman–Crippen MR) is 33.4 cm³/mol. The van der Waals surface area contributed by atoms with Gasteiger partial charge in [-0.1, -0.05) is 6.07 Å². The molecule has 0 bridgehead atoms. The predicted octanol–water partition coefficient (Wildman–Crippen LogP) is 0.972. The molecule has 0 aromatic carbocycles. The van der Waals surface area contributed by atoms with E-state index in [9.17, 15) is 0 Å². The van der Waals surface area contributed by atoms with E-state index in [1.54, 1.807) is 12.1 Å². The molecule has 2 nitrogen and oxygen atoms in total. The van der Waals surface area contributed by atoms with Crippen molar-refractivity contribution in [1.29, 1.82) is 0 Å². The number of nitrogens with zero attached hydrogens (tertiary/aromatic N) is 1. The van der Waals surface area contributed by atoms with Gasteiger partial charge >= 0.3 is 0 Å². The Morgan fingerprint density at radius 2 is 2.62 bits per heavy atom. The van der Waals surface area contributed by atoms with Gasteiger partial charge in [0, 0.05) is 9.81 Å². The molecule has 0 aliphatic rings. The van der Waals surface area contributed by atoms with Gasteiger partial charge < -0.3 is 5.73 Å². The van der Waals surface area contributed by atoms with Gasteiger partial charge in [-0.3, -0.25) is 0 Å². The molecule has 1 aromatic heterocycles. The first-order valence-corrected chi connectivity index (χ1v) is 2.23. The summed E-state index contributed by atoms with van der Waals surface area (Å²) in [6.07, 6.45) is 0. The maximum absolute atomic E-state index is 6.98. The highest BCUT2D eigenvalue weighted by Gasteiger charge is 1.82. The Balaban J connectivity index is 3.06. The Hall–Kier alpha value is -1.05. The topological polar surface area (TPSA) is 38.9 Å². The number of nitrogens with two attached hydrogens (primary N) is 1. The van der Waals surface area contributed by atoms with E-state index in [0.29, 0.717) is 0 Å². The fraction of sp³-hybridized carbons (Fsp3) is 0.167. The smallest absolute Gasteiger partial charge is 0.123 e. The van der Waals surface area contributed by atoms with E-state index in [2.05, 4.69) is 4.98 Å². The molecule has 0 aliphatic heterocycles. The molecule has 1 heterocycles. The van der Waals surface area contributed by atoms with Crippen LogP contribution in [0.5, 0.6) is 0 Å². The van der Waals surface area contributed by atoms with Crippen LogP contribution in [0.2, 0.25) is 0 Å². The van der Waals surface area contributed by atoms with Crippen molar-refractivity contribution in [3.8, 4) is 0 Å². The molecule has 0 atom stereocenters. The SMILES string of the molecule is [2H][13C]([2H])([2H])c1cccc(N)n1. The monoisotopic (exact) mass is 112 g/mol. The molecule has 0 saturated carbocycles. The van der Waals surface area contributed by atoms with Crippen LogP contribution in [0.15, 0.2) is 18.2 Å². The number of anilines is 1. The molecule has 0 unspecified atom stereocenters. The minimum absolute atomic E-state index is 0.0394. The van der Waals surface area contributed by atoms with Crippen molar-refractivity contribution in [2.24, 2.45) is 0 Å². The number of rotatable bonds is 0. The molecule has 0 amide bonds. The van der Waals surface area contributed by atoms with Gasteiger partial charge in [0.1, 0.15) is 5.82 Å². The minimum Gasteiger partial charge on any atom is -0.384 e. The number of hydrogen-bond donors (Lipinski definition) is 1. The molecule has 1 aromatic rings. The summed E-state index contributed by atoms with van der Waals surface area (Å²) in [4.78, 5) is 3.66. The highest BCUT2D eigenvalue weighted by atomic mass is 14.8. The lowest BCUT2D eigenvalue weighted by atomic mass is 10.4. The zero-order valence-corrected chi connectivity index (χ0v) is 4.26. The Morgan fingerprint density at radius 3 is 3.12 bits per heavy atom. The largest absolute Gasteiger partial charge is 0.384 e. The summed E-state index contributed by atoms with van der Waals surface area (Å²) in [5, 5.41) is 0. The zero-order valence-electron chi connectivity index (χ0n) is 7.26. The molecule has 0 fully saturated rings. The minimum atomic E-state index is -2.16. The maximum atomic E-state index is 6.98. The van der Waals surface area contributed by atoms with Gasteiger partial charge in [0.15, 0.2) is 0 Å². The second-order valence-corrected chi connectivity index (χ2v) is 1.45. The average molecular weight is 112 g/mol. The molecule has 0 radical (unpaired) electrons. The number of pyridine rings is 1. The Labute approximate surface area is 52.6 Å². The van der Waals surface area contributed by atoms with E-state index in [4.69, 9.17) is 9.85 Å². The lowest BCUT2D eigenvalue weighted by Crippen LogP contribution is -1.89. The van der Waals surface area contributed by atoms with E-state index in [1.807, 2.05) is 0 Å². The molecule has 0 aliphatic carbocycles. The van der Waals surface area contributed by atoms with Crippen LogP contribution < -0.4 is 5.73 Å². The quantitative estimate of drug-likeness (QED) is 0.508. The molecule has 8 heavy (non-hydrogen) atoms.